The highest BCUT2D eigenvalue weighted by atomic mass is 32.1. The Balaban J connectivity index is 1.52. The fraction of sp³-hybridized carbons (Fsp3) is 0.179. The van der Waals surface area contributed by atoms with Crippen LogP contribution in [-0.2, 0) is 6.42 Å². The molecule has 0 saturated carbocycles. The monoisotopic (exact) mass is 455 g/mol. The lowest BCUT2D eigenvalue weighted by Gasteiger charge is -2.37. The average Bonchev–Trinajstić information content (AvgIpc) is 3.42. The Morgan fingerprint density at radius 3 is 2.24 bits per heavy atom. The van der Waals surface area contributed by atoms with Gasteiger partial charge in [-0.1, -0.05) is 48.5 Å². The van der Waals surface area contributed by atoms with Gasteiger partial charge in [-0.15, -0.1) is 11.3 Å². The largest absolute Gasteiger partial charge is 0.493 e. The molecule has 0 saturated heterocycles. The Bertz CT molecular complexity index is 1250. The molecule has 0 fully saturated rings. The van der Waals surface area contributed by atoms with E-state index in [2.05, 4.69) is 23.6 Å². The predicted octanol–water partition coefficient (Wildman–Crippen LogP) is 6.22. The molecule has 0 unspecified atom stereocenters. The van der Waals surface area contributed by atoms with Crippen molar-refractivity contribution in [1.29, 1.82) is 0 Å². The quantitative estimate of drug-likeness (QED) is 0.359. The number of thiophene rings is 1. The van der Waals surface area contributed by atoms with Crippen molar-refractivity contribution in [3.8, 4) is 22.6 Å². The molecule has 0 N–H and O–H groups in total. The van der Waals surface area contributed by atoms with Gasteiger partial charge in [0.25, 0.3) is 5.91 Å². The number of ether oxygens (including phenoxy) is 2. The smallest absolute Gasteiger partial charge is 0.254 e. The molecule has 3 aromatic carbocycles. The summed E-state index contributed by atoms with van der Waals surface area (Å²) in [5.41, 5.74) is 5.22. The Morgan fingerprint density at radius 1 is 0.879 bits per heavy atom. The van der Waals surface area contributed by atoms with Gasteiger partial charge in [0.05, 0.1) is 20.3 Å². The van der Waals surface area contributed by atoms with Gasteiger partial charge in [-0.05, 0) is 64.4 Å². The van der Waals surface area contributed by atoms with Crippen LogP contribution in [0, 0.1) is 0 Å². The van der Waals surface area contributed by atoms with E-state index < -0.39 is 0 Å². The molecule has 4 nitrogen and oxygen atoms in total. The van der Waals surface area contributed by atoms with E-state index in [1.165, 1.54) is 5.56 Å². The summed E-state index contributed by atoms with van der Waals surface area (Å²) in [5, 5.41) is 2.06. The fourth-order valence-corrected chi connectivity index (χ4v) is 5.37. The standard InChI is InChI=1S/C28H25NO3S/c1-31-24-17-22-14-15-29(27(26-9-6-16-33-26)23(22)18-25(24)32-2)28(30)21-12-10-20(11-13-21)19-7-4-3-5-8-19/h3-13,16-18,27H,14-15H2,1-2H3/t27-/m0/s1. The van der Waals surface area contributed by atoms with Crippen LogP contribution in [-0.4, -0.2) is 31.6 Å². The summed E-state index contributed by atoms with van der Waals surface area (Å²) in [4.78, 5) is 16.8. The average molecular weight is 456 g/mol. The second-order valence-corrected chi connectivity index (χ2v) is 9.00. The van der Waals surface area contributed by atoms with Crippen molar-refractivity contribution in [3.63, 3.8) is 0 Å². The summed E-state index contributed by atoms with van der Waals surface area (Å²) < 4.78 is 11.1. The number of nitrogens with zero attached hydrogens (tertiary/aromatic N) is 1. The Labute approximate surface area is 198 Å². The number of fused-ring (bicyclic) bond motifs is 1. The van der Waals surface area contributed by atoms with Gasteiger partial charge in [0, 0.05) is 17.0 Å². The zero-order valence-electron chi connectivity index (χ0n) is 18.7. The molecule has 1 amide bonds. The first-order chi connectivity index (χ1) is 16.2. The zero-order valence-corrected chi connectivity index (χ0v) is 19.5. The van der Waals surface area contributed by atoms with E-state index in [1.807, 2.05) is 65.6 Å². The van der Waals surface area contributed by atoms with Crippen LogP contribution in [0.3, 0.4) is 0 Å². The summed E-state index contributed by atoms with van der Waals surface area (Å²) in [6.07, 6.45) is 0.769. The fourth-order valence-electron chi connectivity index (χ4n) is 4.52. The van der Waals surface area contributed by atoms with Crippen molar-refractivity contribution >= 4 is 17.2 Å². The van der Waals surface area contributed by atoms with Crippen molar-refractivity contribution in [2.75, 3.05) is 20.8 Å². The maximum absolute atomic E-state index is 13.7. The molecular formula is C28H25NO3S. The summed E-state index contributed by atoms with van der Waals surface area (Å²) in [6.45, 7) is 0.643. The van der Waals surface area contributed by atoms with E-state index in [-0.39, 0.29) is 11.9 Å². The first kappa shape index (κ1) is 21.3. The van der Waals surface area contributed by atoms with E-state index in [0.29, 0.717) is 17.9 Å². The lowest BCUT2D eigenvalue weighted by Crippen LogP contribution is -2.40. The molecule has 0 spiro atoms. The molecule has 0 aliphatic carbocycles. The van der Waals surface area contributed by atoms with Crippen molar-refractivity contribution < 1.29 is 14.3 Å². The Hall–Kier alpha value is -3.57. The number of carbonyl (C=O) groups is 1. The Morgan fingerprint density at radius 2 is 1.58 bits per heavy atom. The number of rotatable bonds is 5. The van der Waals surface area contributed by atoms with E-state index in [1.54, 1.807) is 25.6 Å². The third kappa shape index (κ3) is 4.00. The number of hydrogen-bond donors (Lipinski definition) is 0. The topological polar surface area (TPSA) is 38.8 Å². The molecular weight excluding hydrogens is 430 g/mol. The van der Waals surface area contributed by atoms with Crippen LogP contribution in [0.1, 0.15) is 32.4 Å². The first-order valence-electron chi connectivity index (χ1n) is 10.9. The number of carbonyl (C=O) groups excluding carboxylic acids is 1. The highest BCUT2D eigenvalue weighted by Crippen LogP contribution is 2.42. The number of hydrogen-bond acceptors (Lipinski definition) is 4. The van der Waals surface area contributed by atoms with Crippen LogP contribution >= 0.6 is 11.3 Å². The third-order valence-electron chi connectivity index (χ3n) is 6.19. The normalized spacial score (nSPS) is 15.1. The summed E-state index contributed by atoms with van der Waals surface area (Å²) in [7, 11) is 3.29. The second-order valence-electron chi connectivity index (χ2n) is 8.02. The maximum atomic E-state index is 13.7. The van der Waals surface area contributed by atoms with Gasteiger partial charge in [0.2, 0.25) is 0 Å². The maximum Gasteiger partial charge on any atom is 0.254 e. The number of benzene rings is 3. The van der Waals surface area contributed by atoms with Gasteiger partial charge in [0.15, 0.2) is 11.5 Å². The van der Waals surface area contributed by atoms with Crippen LogP contribution < -0.4 is 9.47 Å². The minimum atomic E-state index is -0.158. The van der Waals surface area contributed by atoms with Gasteiger partial charge in [-0.2, -0.15) is 0 Å². The van der Waals surface area contributed by atoms with Crippen LogP contribution in [0.15, 0.2) is 84.2 Å². The molecule has 2 heterocycles. The first-order valence-corrected chi connectivity index (χ1v) is 11.8. The minimum absolute atomic E-state index is 0.0356. The van der Waals surface area contributed by atoms with E-state index in [0.717, 1.165) is 33.7 Å². The van der Waals surface area contributed by atoms with Crippen LogP contribution in [0.2, 0.25) is 0 Å². The van der Waals surface area contributed by atoms with E-state index >= 15 is 0 Å². The van der Waals surface area contributed by atoms with Crippen LogP contribution in [0.25, 0.3) is 11.1 Å². The van der Waals surface area contributed by atoms with E-state index in [4.69, 9.17) is 9.47 Å². The molecule has 0 radical (unpaired) electrons. The molecule has 5 rings (SSSR count). The molecule has 1 aromatic heterocycles. The highest BCUT2D eigenvalue weighted by Gasteiger charge is 2.34. The predicted molar refractivity (Wildman–Crippen MR) is 132 cm³/mol. The number of methoxy groups -OCH3 is 2. The number of amides is 1. The second kappa shape index (κ2) is 9.12. The van der Waals surface area contributed by atoms with Crippen molar-refractivity contribution in [1.82, 2.24) is 4.90 Å². The van der Waals surface area contributed by atoms with Gasteiger partial charge in [0.1, 0.15) is 0 Å². The van der Waals surface area contributed by atoms with Crippen molar-refractivity contribution in [2.24, 2.45) is 0 Å². The van der Waals surface area contributed by atoms with E-state index in [9.17, 15) is 4.79 Å². The molecule has 1 aliphatic heterocycles. The van der Waals surface area contributed by atoms with Crippen LogP contribution in [0.5, 0.6) is 11.5 Å². The summed E-state index contributed by atoms with van der Waals surface area (Å²) in [5.74, 6) is 1.44. The summed E-state index contributed by atoms with van der Waals surface area (Å²) in [6, 6.07) is 26.2. The SMILES string of the molecule is COc1cc2c(cc1OC)[C@@H](c1cccs1)N(C(=O)c1ccc(-c3ccccc3)cc1)CC2. The molecule has 33 heavy (non-hydrogen) atoms. The molecule has 5 heteroatoms. The Kier molecular flexibility index (Phi) is 5.88. The van der Waals surface area contributed by atoms with Gasteiger partial charge in [-0.25, -0.2) is 0 Å². The summed E-state index contributed by atoms with van der Waals surface area (Å²) >= 11 is 1.67. The highest BCUT2D eigenvalue weighted by molar-refractivity contribution is 7.10. The lowest BCUT2D eigenvalue weighted by molar-refractivity contribution is 0.0697. The van der Waals surface area contributed by atoms with Crippen molar-refractivity contribution in [2.45, 2.75) is 12.5 Å². The molecule has 0 bridgehead atoms. The van der Waals surface area contributed by atoms with Crippen LogP contribution in [0.4, 0.5) is 0 Å². The minimum Gasteiger partial charge on any atom is -0.493 e. The van der Waals surface area contributed by atoms with Gasteiger partial charge >= 0.3 is 0 Å². The van der Waals surface area contributed by atoms with Crippen molar-refractivity contribution in [3.05, 3.63) is 106 Å². The molecule has 166 valence electrons. The van der Waals surface area contributed by atoms with Gasteiger partial charge < -0.3 is 14.4 Å². The zero-order chi connectivity index (χ0) is 22.8. The molecule has 1 aliphatic rings. The third-order valence-corrected chi connectivity index (χ3v) is 7.11. The van der Waals surface area contributed by atoms with Gasteiger partial charge in [-0.3, -0.25) is 4.79 Å². The lowest BCUT2D eigenvalue weighted by atomic mass is 9.90. The molecule has 4 aromatic rings. The molecule has 1 atom stereocenters.